The summed E-state index contributed by atoms with van der Waals surface area (Å²) in [6, 6.07) is 24.4. The maximum Gasteiger partial charge on any atom is 0.332 e. The number of benzene rings is 3. The highest BCUT2D eigenvalue weighted by Gasteiger charge is 2.51. The number of para-hydroxylation sites is 2. The Morgan fingerprint density at radius 3 is 2.16 bits per heavy atom. The predicted molar refractivity (Wildman–Crippen MR) is 121 cm³/mol. The van der Waals surface area contributed by atoms with Gasteiger partial charge in [-0.15, -0.1) is 0 Å². The van der Waals surface area contributed by atoms with Crippen molar-refractivity contribution in [3.05, 3.63) is 90.0 Å². The minimum atomic E-state index is -0.972. The van der Waals surface area contributed by atoms with E-state index >= 15 is 0 Å². The Labute approximate surface area is 182 Å². The lowest BCUT2D eigenvalue weighted by Gasteiger charge is -2.28. The van der Waals surface area contributed by atoms with Crippen LogP contribution in [0, 0.1) is 0 Å². The molecule has 3 aromatic carbocycles. The van der Waals surface area contributed by atoms with Crippen molar-refractivity contribution in [2.45, 2.75) is 39.3 Å². The zero-order valence-corrected chi connectivity index (χ0v) is 18.0. The number of aryl methyl sites for hydroxylation is 1. The average Bonchev–Trinajstić information content (AvgIpc) is 2.95. The molecule has 1 saturated heterocycles. The van der Waals surface area contributed by atoms with Crippen LogP contribution in [0.4, 0.5) is 10.5 Å². The van der Waals surface area contributed by atoms with Crippen LogP contribution in [0.1, 0.15) is 31.9 Å². The quantitative estimate of drug-likeness (QED) is 0.480. The van der Waals surface area contributed by atoms with Crippen LogP contribution in [0.3, 0.4) is 0 Å². The van der Waals surface area contributed by atoms with E-state index in [0.717, 1.165) is 23.3 Å². The number of amides is 3. The second kappa shape index (κ2) is 8.26. The normalized spacial score (nSPS) is 15.5. The Morgan fingerprint density at radius 2 is 1.48 bits per heavy atom. The number of urea groups is 1. The molecule has 1 heterocycles. The highest BCUT2D eigenvalue weighted by molar-refractivity contribution is 6.22. The lowest BCUT2D eigenvalue weighted by Crippen LogP contribution is -2.43. The number of imide groups is 1. The van der Waals surface area contributed by atoms with Gasteiger partial charge in [-0.2, -0.15) is 0 Å². The minimum absolute atomic E-state index is 0.233. The van der Waals surface area contributed by atoms with Gasteiger partial charge in [0.15, 0.2) is 0 Å². The lowest BCUT2D eigenvalue weighted by atomic mass is 10.0. The Bertz CT molecular complexity index is 1090. The summed E-state index contributed by atoms with van der Waals surface area (Å²) in [4.78, 5) is 29.4. The van der Waals surface area contributed by atoms with Crippen LogP contribution in [0.15, 0.2) is 78.9 Å². The molecule has 0 radical (unpaired) electrons. The first-order chi connectivity index (χ1) is 14.9. The van der Waals surface area contributed by atoms with E-state index in [1.54, 1.807) is 18.7 Å². The van der Waals surface area contributed by atoms with Crippen LogP contribution in [-0.4, -0.2) is 22.4 Å². The molecule has 1 aliphatic heterocycles. The third kappa shape index (κ3) is 3.91. The molecular formula is C26H26N2O3. The molecule has 0 saturated carbocycles. The minimum Gasteiger partial charge on any atom is -0.457 e. The van der Waals surface area contributed by atoms with Crippen molar-refractivity contribution in [1.82, 2.24) is 4.90 Å². The molecule has 158 valence electrons. The van der Waals surface area contributed by atoms with Crippen LogP contribution in [-0.2, 0) is 17.8 Å². The first kappa shape index (κ1) is 20.7. The van der Waals surface area contributed by atoms with Gasteiger partial charge in [-0.05, 0) is 56.2 Å². The number of ether oxygens (including phenoxy) is 1. The summed E-state index contributed by atoms with van der Waals surface area (Å²) in [5.74, 6) is 1.15. The molecule has 31 heavy (non-hydrogen) atoms. The number of hydrogen-bond donors (Lipinski definition) is 0. The van der Waals surface area contributed by atoms with Crippen LogP contribution >= 0.6 is 0 Å². The van der Waals surface area contributed by atoms with Crippen LogP contribution in [0.2, 0.25) is 0 Å². The van der Waals surface area contributed by atoms with Crippen molar-refractivity contribution in [2.24, 2.45) is 0 Å². The van der Waals surface area contributed by atoms with Gasteiger partial charge in [0.05, 0.1) is 12.2 Å². The van der Waals surface area contributed by atoms with Gasteiger partial charge >= 0.3 is 6.03 Å². The Kier molecular flexibility index (Phi) is 5.51. The molecule has 1 fully saturated rings. The molecule has 0 bridgehead atoms. The average molecular weight is 415 g/mol. The number of carbonyl (C=O) groups is 2. The summed E-state index contributed by atoms with van der Waals surface area (Å²) in [6.45, 7) is 5.91. The summed E-state index contributed by atoms with van der Waals surface area (Å²) >= 11 is 0. The second-order valence-corrected chi connectivity index (χ2v) is 8.11. The molecule has 0 aliphatic carbocycles. The van der Waals surface area contributed by atoms with Gasteiger partial charge in [0.25, 0.3) is 5.91 Å². The number of hydrogen-bond acceptors (Lipinski definition) is 3. The van der Waals surface area contributed by atoms with Gasteiger partial charge in [-0.3, -0.25) is 4.79 Å². The lowest BCUT2D eigenvalue weighted by molar-refractivity contribution is -0.123. The van der Waals surface area contributed by atoms with Crippen molar-refractivity contribution < 1.29 is 14.3 Å². The van der Waals surface area contributed by atoms with Gasteiger partial charge < -0.3 is 9.64 Å². The van der Waals surface area contributed by atoms with E-state index in [-0.39, 0.29) is 18.5 Å². The molecule has 0 atom stereocenters. The molecule has 0 aromatic heterocycles. The molecule has 5 heteroatoms. The van der Waals surface area contributed by atoms with Crippen molar-refractivity contribution in [3.63, 3.8) is 0 Å². The first-order valence-corrected chi connectivity index (χ1v) is 10.5. The van der Waals surface area contributed by atoms with E-state index in [2.05, 4.69) is 6.92 Å². The fourth-order valence-electron chi connectivity index (χ4n) is 3.73. The highest BCUT2D eigenvalue weighted by Crippen LogP contribution is 2.35. The van der Waals surface area contributed by atoms with E-state index in [1.165, 1.54) is 4.90 Å². The summed E-state index contributed by atoms with van der Waals surface area (Å²) in [6.07, 6.45) is 0.901. The van der Waals surface area contributed by atoms with Crippen molar-refractivity contribution in [3.8, 4) is 11.5 Å². The largest absolute Gasteiger partial charge is 0.457 e. The third-order valence-electron chi connectivity index (χ3n) is 5.70. The summed E-state index contributed by atoms with van der Waals surface area (Å²) in [5.41, 5.74) is 1.62. The van der Waals surface area contributed by atoms with E-state index in [4.69, 9.17) is 4.74 Å². The van der Waals surface area contributed by atoms with Gasteiger partial charge in [-0.1, -0.05) is 55.5 Å². The maximum atomic E-state index is 13.4. The van der Waals surface area contributed by atoms with Crippen LogP contribution in [0.5, 0.6) is 11.5 Å². The maximum absolute atomic E-state index is 13.4. The number of anilines is 1. The van der Waals surface area contributed by atoms with E-state index < -0.39 is 5.54 Å². The third-order valence-corrected chi connectivity index (χ3v) is 5.70. The molecule has 0 spiro atoms. The number of rotatable bonds is 6. The molecule has 3 amide bonds. The molecular weight excluding hydrogens is 388 g/mol. The Hall–Kier alpha value is -3.60. The first-order valence-electron chi connectivity index (χ1n) is 10.5. The van der Waals surface area contributed by atoms with Gasteiger partial charge in [-0.25, -0.2) is 9.69 Å². The fourth-order valence-corrected chi connectivity index (χ4v) is 3.73. The molecule has 5 nitrogen and oxygen atoms in total. The standard InChI is InChI=1S/C26H26N2O3/c1-4-19-14-16-21(17-15-19)28-24(29)26(2,3)27(25(28)30)18-20-10-8-9-13-23(20)31-22-11-6-5-7-12-22/h5-17H,4,18H2,1-3H3. The van der Waals surface area contributed by atoms with Crippen LogP contribution in [0.25, 0.3) is 0 Å². The van der Waals surface area contributed by atoms with E-state index in [1.807, 2.05) is 78.9 Å². The smallest absolute Gasteiger partial charge is 0.332 e. The monoisotopic (exact) mass is 414 g/mol. The van der Waals surface area contributed by atoms with Crippen molar-refractivity contribution in [1.29, 1.82) is 0 Å². The molecule has 0 N–H and O–H groups in total. The zero-order valence-electron chi connectivity index (χ0n) is 18.0. The predicted octanol–water partition coefficient (Wildman–Crippen LogP) is 5.79. The summed E-state index contributed by atoms with van der Waals surface area (Å²) in [7, 11) is 0. The van der Waals surface area contributed by atoms with Gasteiger partial charge in [0.1, 0.15) is 17.0 Å². The Morgan fingerprint density at radius 1 is 0.839 bits per heavy atom. The van der Waals surface area contributed by atoms with E-state index in [0.29, 0.717) is 11.4 Å². The molecule has 4 rings (SSSR count). The topological polar surface area (TPSA) is 49.9 Å². The van der Waals surface area contributed by atoms with Crippen LogP contribution < -0.4 is 9.64 Å². The van der Waals surface area contributed by atoms with Crippen molar-refractivity contribution >= 4 is 17.6 Å². The molecule has 0 unspecified atom stereocenters. The van der Waals surface area contributed by atoms with Crippen molar-refractivity contribution in [2.75, 3.05) is 4.90 Å². The summed E-state index contributed by atoms with van der Waals surface area (Å²) < 4.78 is 6.05. The molecule has 3 aromatic rings. The molecule has 1 aliphatic rings. The van der Waals surface area contributed by atoms with Gasteiger partial charge in [0, 0.05) is 5.56 Å². The highest BCUT2D eigenvalue weighted by atomic mass is 16.5. The zero-order chi connectivity index (χ0) is 22.0. The Balaban J connectivity index is 1.63. The van der Waals surface area contributed by atoms with E-state index in [9.17, 15) is 9.59 Å². The number of carbonyl (C=O) groups excluding carboxylic acids is 2. The SMILES string of the molecule is CCc1ccc(N2C(=O)N(Cc3ccccc3Oc3ccccc3)C(C)(C)C2=O)cc1. The fraction of sp³-hybridized carbons (Fsp3) is 0.231. The number of nitrogens with zero attached hydrogens (tertiary/aromatic N) is 2. The van der Waals surface area contributed by atoms with Gasteiger partial charge in [0.2, 0.25) is 0 Å². The second-order valence-electron chi connectivity index (χ2n) is 8.11. The summed E-state index contributed by atoms with van der Waals surface area (Å²) in [5, 5.41) is 0.